The van der Waals surface area contributed by atoms with Crippen LogP contribution in [0.3, 0.4) is 0 Å². The van der Waals surface area contributed by atoms with E-state index in [1.54, 1.807) is 47.6 Å². The number of sulfone groups is 1. The zero-order valence-electron chi connectivity index (χ0n) is 18.5. The molecule has 2 aromatic heterocycles. The van der Waals surface area contributed by atoms with Gasteiger partial charge in [0.25, 0.3) is 5.91 Å². The minimum atomic E-state index is -3.46. The number of nitrogens with zero attached hydrogens (tertiary/aromatic N) is 5. The van der Waals surface area contributed by atoms with Crippen molar-refractivity contribution >= 4 is 53.5 Å². The van der Waals surface area contributed by atoms with Gasteiger partial charge in [-0.1, -0.05) is 17.4 Å². The molecule has 1 aliphatic heterocycles. The Bertz CT molecular complexity index is 1460. The fourth-order valence-electron chi connectivity index (χ4n) is 3.93. The number of anilines is 1. The van der Waals surface area contributed by atoms with E-state index in [9.17, 15) is 13.2 Å². The van der Waals surface area contributed by atoms with Crippen LogP contribution in [0.15, 0.2) is 53.7 Å². The van der Waals surface area contributed by atoms with E-state index in [0.29, 0.717) is 58.2 Å². The van der Waals surface area contributed by atoms with Gasteiger partial charge in [0.1, 0.15) is 5.52 Å². The predicted molar refractivity (Wildman–Crippen MR) is 131 cm³/mol. The second kappa shape index (κ2) is 9.34. The van der Waals surface area contributed by atoms with E-state index >= 15 is 0 Å². The highest BCUT2D eigenvalue weighted by Crippen LogP contribution is 2.33. The van der Waals surface area contributed by atoms with Crippen molar-refractivity contribution in [2.24, 2.45) is 0 Å². The SMILES string of the molecule is CS(=O)(=O)c1cccc2sc(N(CCN3CCOCC3)C(=O)c3ccc4nccnc4c3)nc12. The zero-order valence-corrected chi connectivity index (χ0v) is 20.2. The number of ether oxygens (including phenoxy) is 1. The third-order valence-corrected chi connectivity index (χ3v) is 7.88. The molecule has 0 N–H and O–H groups in total. The van der Waals surface area contributed by atoms with Crippen LogP contribution >= 0.6 is 11.3 Å². The van der Waals surface area contributed by atoms with Crippen molar-refractivity contribution in [3.63, 3.8) is 0 Å². The lowest BCUT2D eigenvalue weighted by atomic mass is 10.1. The summed E-state index contributed by atoms with van der Waals surface area (Å²) >= 11 is 1.31. The fourth-order valence-corrected chi connectivity index (χ4v) is 5.84. The van der Waals surface area contributed by atoms with Crippen LogP contribution in [0.5, 0.6) is 0 Å². The van der Waals surface area contributed by atoms with E-state index in [2.05, 4.69) is 19.9 Å². The lowest BCUT2D eigenvalue weighted by molar-refractivity contribution is 0.0391. The quantitative estimate of drug-likeness (QED) is 0.400. The molecule has 1 amide bonds. The lowest BCUT2D eigenvalue weighted by Gasteiger charge is -2.29. The Morgan fingerprint density at radius 1 is 1.12 bits per heavy atom. The fraction of sp³-hybridized carbons (Fsp3) is 0.304. The van der Waals surface area contributed by atoms with Crippen LogP contribution in [0.1, 0.15) is 10.4 Å². The molecule has 1 aliphatic rings. The molecule has 0 unspecified atom stereocenters. The molecule has 11 heteroatoms. The molecule has 176 valence electrons. The maximum Gasteiger partial charge on any atom is 0.260 e. The summed E-state index contributed by atoms with van der Waals surface area (Å²) in [5, 5.41) is 0.462. The molecule has 1 saturated heterocycles. The molecule has 2 aromatic carbocycles. The summed E-state index contributed by atoms with van der Waals surface area (Å²) in [7, 11) is -3.46. The Morgan fingerprint density at radius 3 is 2.65 bits per heavy atom. The Hall–Kier alpha value is -2.99. The largest absolute Gasteiger partial charge is 0.379 e. The van der Waals surface area contributed by atoms with Gasteiger partial charge >= 0.3 is 0 Å². The average Bonchev–Trinajstić information content (AvgIpc) is 3.27. The minimum Gasteiger partial charge on any atom is -0.379 e. The van der Waals surface area contributed by atoms with Gasteiger partial charge in [0, 0.05) is 50.4 Å². The van der Waals surface area contributed by atoms with Crippen molar-refractivity contribution in [3.8, 4) is 0 Å². The van der Waals surface area contributed by atoms with Crippen molar-refractivity contribution in [3.05, 3.63) is 54.4 Å². The summed E-state index contributed by atoms with van der Waals surface area (Å²) in [5.41, 5.74) is 2.19. The van der Waals surface area contributed by atoms with Crippen molar-refractivity contribution in [1.29, 1.82) is 0 Å². The van der Waals surface area contributed by atoms with Crippen LogP contribution in [0.25, 0.3) is 21.3 Å². The summed E-state index contributed by atoms with van der Waals surface area (Å²) in [6, 6.07) is 10.3. The molecule has 5 rings (SSSR count). The number of morpholine rings is 1. The number of benzene rings is 2. The molecular weight excluding hydrogens is 474 g/mol. The Morgan fingerprint density at radius 2 is 1.88 bits per heavy atom. The van der Waals surface area contributed by atoms with Gasteiger partial charge in [0.05, 0.1) is 33.8 Å². The molecular formula is C23H23N5O4S2. The van der Waals surface area contributed by atoms with Crippen LogP contribution < -0.4 is 4.90 Å². The second-order valence-electron chi connectivity index (χ2n) is 8.04. The maximum atomic E-state index is 13.7. The first-order valence-electron chi connectivity index (χ1n) is 10.8. The summed E-state index contributed by atoms with van der Waals surface area (Å²) in [5.74, 6) is -0.222. The first-order valence-corrected chi connectivity index (χ1v) is 13.5. The van der Waals surface area contributed by atoms with Gasteiger partial charge in [0.2, 0.25) is 0 Å². The monoisotopic (exact) mass is 497 g/mol. The van der Waals surface area contributed by atoms with E-state index in [0.717, 1.165) is 19.3 Å². The molecule has 0 spiro atoms. The molecule has 4 aromatic rings. The summed E-state index contributed by atoms with van der Waals surface area (Å²) in [4.78, 5) is 30.9. The standard InChI is InChI=1S/C23H23N5O4S2/c1-34(30,31)20-4-2-3-19-21(20)26-23(33-19)28(10-9-27-11-13-32-14-12-27)22(29)16-5-6-17-18(15-16)25-8-7-24-17/h2-8,15H,9-14H2,1H3. The first kappa shape index (κ1) is 22.8. The van der Waals surface area contributed by atoms with Crippen LogP contribution in [-0.4, -0.2) is 79.8 Å². The van der Waals surface area contributed by atoms with Gasteiger partial charge in [0.15, 0.2) is 15.0 Å². The lowest BCUT2D eigenvalue weighted by Crippen LogP contribution is -2.43. The van der Waals surface area contributed by atoms with E-state index in [4.69, 9.17) is 4.74 Å². The highest BCUT2D eigenvalue weighted by molar-refractivity contribution is 7.91. The van der Waals surface area contributed by atoms with Crippen LogP contribution in [0, 0.1) is 0 Å². The Balaban J connectivity index is 1.54. The molecule has 9 nitrogen and oxygen atoms in total. The van der Waals surface area contributed by atoms with Crippen molar-refractivity contribution in [2.75, 3.05) is 50.5 Å². The zero-order chi connectivity index (χ0) is 23.7. The van der Waals surface area contributed by atoms with E-state index < -0.39 is 9.84 Å². The Kier molecular flexibility index (Phi) is 6.26. The summed E-state index contributed by atoms with van der Waals surface area (Å²) in [6.45, 7) is 3.98. The number of amides is 1. The normalized spacial score (nSPS) is 15.1. The topological polar surface area (TPSA) is 106 Å². The number of aromatic nitrogens is 3. The number of carbonyl (C=O) groups excluding carboxylic acids is 1. The van der Waals surface area contributed by atoms with Crippen molar-refractivity contribution in [2.45, 2.75) is 4.90 Å². The third kappa shape index (κ3) is 4.64. The van der Waals surface area contributed by atoms with E-state index in [1.165, 1.54) is 11.3 Å². The second-order valence-corrected chi connectivity index (χ2v) is 11.0. The predicted octanol–water partition coefficient (Wildman–Crippen LogP) is 2.62. The molecule has 0 bridgehead atoms. The molecule has 0 atom stereocenters. The summed E-state index contributed by atoms with van der Waals surface area (Å²) < 4.78 is 30.7. The highest BCUT2D eigenvalue weighted by Gasteiger charge is 2.25. The summed E-state index contributed by atoms with van der Waals surface area (Å²) in [6.07, 6.45) is 4.37. The number of hydrogen-bond donors (Lipinski definition) is 0. The minimum absolute atomic E-state index is 0.161. The number of hydrogen-bond acceptors (Lipinski definition) is 9. The average molecular weight is 498 g/mol. The van der Waals surface area contributed by atoms with Gasteiger partial charge in [-0.15, -0.1) is 0 Å². The molecule has 1 fully saturated rings. The van der Waals surface area contributed by atoms with E-state index in [-0.39, 0.29) is 10.8 Å². The van der Waals surface area contributed by atoms with Gasteiger partial charge in [-0.2, -0.15) is 0 Å². The van der Waals surface area contributed by atoms with Crippen LogP contribution in [0.4, 0.5) is 5.13 Å². The third-order valence-electron chi connectivity index (χ3n) is 5.71. The number of rotatable bonds is 6. The van der Waals surface area contributed by atoms with Gasteiger partial charge in [-0.3, -0.25) is 24.6 Å². The van der Waals surface area contributed by atoms with Gasteiger partial charge < -0.3 is 4.74 Å². The molecule has 3 heterocycles. The number of thiazole rings is 1. The number of carbonyl (C=O) groups is 1. The Labute approximate surface area is 200 Å². The number of para-hydroxylation sites is 1. The van der Waals surface area contributed by atoms with Crippen molar-refractivity contribution < 1.29 is 17.9 Å². The smallest absolute Gasteiger partial charge is 0.260 e. The van der Waals surface area contributed by atoms with Crippen LogP contribution in [0.2, 0.25) is 0 Å². The highest BCUT2D eigenvalue weighted by atomic mass is 32.2. The van der Waals surface area contributed by atoms with Gasteiger partial charge in [-0.25, -0.2) is 13.4 Å². The molecule has 0 aliphatic carbocycles. The molecule has 0 saturated carbocycles. The maximum absolute atomic E-state index is 13.7. The van der Waals surface area contributed by atoms with Crippen LogP contribution in [-0.2, 0) is 14.6 Å². The molecule has 34 heavy (non-hydrogen) atoms. The first-order chi connectivity index (χ1) is 16.4. The molecule has 0 radical (unpaired) electrons. The van der Waals surface area contributed by atoms with E-state index in [1.807, 2.05) is 6.07 Å². The van der Waals surface area contributed by atoms with Gasteiger partial charge in [-0.05, 0) is 30.3 Å². The van der Waals surface area contributed by atoms with Crippen molar-refractivity contribution in [1.82, 2.24) is 19.9 Å². The number of fused-ring (bicyclic) bond motifs is 2.